The maximum Gasteiger partial charge on any atom is 0.163 e. The summed E-state index contributed by atoms with van der Waals surface area (Å²) < 4.78 is 13.6. The second-order valence-corrected chi connectivity index (χ2v) is 5.83. The van der Waals surface area contributed by atoms with E-state index in [1.165, 1.54) is 10.9 Å². The van der Waals surface area contributed by atoms with Crippen LogP contribution in [0, 0.1) is 0 Å². The third-order valence-electron chi connectivity index (χ3n) is 4.38. The average Bonchev–Trinajstić information content (AvgIpc) is 3.22. The van der Waals surface area contributed by atoms with Crippen molar-refractivity contribution < 1.29 is 9.15 Å². The molecule has 0 saturated carbocycles. The molecule has 1 saturated heterocycles. The predicted octanol–water partition coefficient (Wildman–Crippen LogP) is 2.62. The van der Waals surface area contributed by atoms with Crippen LogP contribution in [0.15, 0.2) is 41.3 Å². The van der Waals surface area contributed by atoms with Crippen molar-refractivity contribution in [2.24, 2.45) is 0 Å². The molecule has 4 rings (SSSR count). The Morgan fingerprint density at radius 1 is 1.30 bits per heavy atom. The number of aryl methyl sites for hydroxylation is 1. The lowest BCUT2D eigenvalue weighted by atomic mass is 10.1. The van der Waals surface area contributed by atoms with Gasteiger partial charge in [0, 0.05) is 37.1 Å². The Balaban J connectivity index is 1.51. The average molecular weight is 312 g/mol. The van der Waals surface area contributed by atoms with Gasteiger partial charge in [-0.2, -0.15) is 0 Å². The van der Waals surface area contributed by atoms with Crippen molar-refractivity contribution in [3.05, 3.63) is 48.2 Å². The Hall–Kier alpha value is -2.18. The SMILES string of the molecule is CCn1cnnc1[C@H]1CN(Cc2coc3ccccc23)CCO1. The van der Waals surface area contributed by atoms with Gasteiger partial charge in [0.05, 0.1) is 12.9 Å². The summed E-state index contributed by atoms with van der Waals surface area (Å²) in [6.07, 6.45) is 3.61. The van der Waals surface area contributed by atoms with E-state index in [9.17, 15) is 0 Å². The minimum absolute atomic E-state index is 0.0237. The van der Waals surface area contributed by atoms with Crippen molar-refractivity contribution in [1.29, 1.82) is 0 Å². The first-order valence-corrected chi connectivity index (χ1v) is 8.02. The first kappa shape index (κ1) is 14.4. The van der Waals surface area contributed by atoms with Gasteiger partial charge in [0.15, 0.2) is 5.82 Å². The minimum Gasteiger partial charge on any atom is -0.464 e. The number of rotatable bonds is 4. The van der Waals surface area contributed by atoms with Gasteiger partial charge in [-0.15, -0.1) is 10.2 Å². The zero-order chi connectivity index (χ0) is 15.6. The fourth-order valence-corrected chi connectivity index (χ4v) is 3.16. The van der Waals surface area contributed by atoms with Crippen LogP contribution in [0.4, 0.5) is 0 Å². The van der Waals surface area contributed by atoms with Gasteiger partial charge < -0.3 is 13.7 Å². The van der Waals surface area contributed by atoms with Crippen molar-refractivity contribution in [2.75, 3.05) is 19.7 Å². The molecule has 0 N–H and O–H groups in total. The lowest BCUT2D eigenvalue weighted by Gasteiger charge is -2.32. The first-order chi connectivity index (χ1) is 11.3. The topological polar surface area (TPSA) is 56.3 Å². The highest BCUT2D eigenvalue weighted by atomic mass is 16.5. The Labute approximate surface area is 134 Å². The molecule has 0 unspecified atom stereocenters. The second-order valence-electron chi connectivity index (χ2n) is 5.83. The fraction of sp³-hybridized carbons (Fsp3) is 0.412. The number of nitrogens with zero attached hydrogens (tertiary/aromatic N) is 4. The molecule has 23 heavy (non-hydrogen) atoms. The summed E-state index contributed by atoms with van der Waals surface area (Å²) in [7, 11) is 0. The van der Waals surface area contributed by atoms with Crippen LogP contribution in [-0.2, 0) is 17.8 Å². The van der Waals surface area contributed by atoms with E-state index in [1.807, 2.05) is 29.0 Å². The van der Waals surface area contributed by atoms with Crippen LogP contribution in [0.5, 0.6) is 0 Å². The Morgan fingerprint density at radius 3 is 3.13 bits per heavy atom. The van der Waals surface area contributed by atoms with E-state index in [0.717, 1.165) is 37.6 Å². The van der Waals surface area contributed by atoms with Crippen LogP contribution < -0.4 is 0 Å². The van der Waals surface area contributed by atoms with Crippen LogP contribution in [0.3, 0.4) is 0 Å². The molecule has 6 heteroatoms. The molecule has 1 aliphatic rings. The van der Waals surface area contributed by atoms with Crippen molar-refractivity contribution in [2.45, 2.75) is 26.1 Å². The summed E-state index contributed by atoms with van der Waals surface area (Å²) in [5, 5.41) is 9.43. The van der Waals surface area contributed by atoms with Crippen LogP contribution in [0.25, 0.3) is 11.0 Å². The molecule has 0 radical (unpaired) electrons. The highest BCUT2D eigenvalue weighted by molar-refractivity contribution is 5.80. The highest BCUT2D eigenvalue weighted by Crippen LogP contribution is 2.25. The van der Waals surface area contributed by atoms with E-state index in [0.29, 0.717) is 6.61 Å². The van der Waals surface area contributed by atoms with Gasteiger partial charge in [0.2, 0.25) is 0 Å². The molecule has 3 aromatic rings. The molecule has 0 spiro atoms. The van der Waals surface area contributed by atoms with E-state index in [4.69, 9.17) is 9.15 Å². The number of hydrogen-bond donors (Lipinski definition) is 0. The summed E-state index contributed by atoms with van der Waals surface area (Å²) in [5.41, 5.74) is 2.16. The van der Waals surface area contributed by atoms with E-state index >= 15 is 0 Å². The molecule has 1 fully saturated rings. The number of benzene rings is 1. The number of fused-ring (bicyclic) bond motifs is 1. The van der Waals surface area contributed by atoms with Crippen LogP contribution in [0.1, 0.15) is 24.4 Å². The van der Waals surface area contributed by atoms with E-state index < -0.39 is 0 Å². The summed E-state index contributed by atoms with van der Waals surface area (Å²) in [6.45, 7) is 6.24. The number of para-hydroxylation sites is 1. The summed E-state index contributed by atoms with van der Waals surface area (Å²) in [4.78, 5) is 2.39. The van der Waals surface area contributed by atoms with E-state index in [-0.39, 0.29) is 6.10 Å². The molecule has 1 aliphatic heterocycles. The van der Waals surface area contributed by atoms with Crippen molar-refractivity contribution >= 4 is 11.0 Å². The van der Waals surface area contributed by atoms with Gasteiger partial charge in [-0.25, -0.2) is 0 Å². The summed E-state index contributed by atoms with van der Waals surface area (Å²) in [6, 6.07) is 8.16. The van der Waals surface area contributed by atoms with Gasteiger partial charge in [0.1, 0.15) is 18.0 Å². The Bertz CT molecular complexity index is 795. The van der Waals surface area contributed by atoms with E-state index in [1.54, 1.807) is 6.33 Å². The van der Waals surface area contributed by atoms with Gasteiger partial charge in [0.25, 0.3) is 0 Å². The predicted molar refractivity (Wildman–Crippen MR) is 85.9 cm³/mol. The van der Waals surface area contributed by atoms with Gasteiger partial charge in [-0.3, -0.25) is 4.90 Å². The molecule has 0 bridgehead atoms. The molecule has 120 valence electrons. The smallest absolute Gasteiger partial charge is 0.163 e. The fourth-order valence-electron chi connectivity index (χ4n) is 3.16. The molecule has 1 atom stereocenters. The van der Waals surface area contributed by atoms with Crippen LogP contribution in [0.2, 0.25) is 0 Å². The standard InChI is InChI=1S/C17H20N4O2/c1-2-21-12-18-19-17(21)16-10-20(7-8-22-16)9-13-11-23-15-6-4-3-5-14(13)15/h3-6,11-12,16H,2,7-10H2,1H3/t16-/m1/s1. The third-order valence-corrected chi connectivity index (χ3v) is 4.38. The summed E-state index contributed by atoms with van der Waals surface area (Å²) in [5.74, 6) is 0.911. The molecule has 0 amide bonds. The molecule has 3 heterocycles. The number of morpholine rings is 1. The quantitative estimate of drug-likeness (QED) is 0.741. The maximum atomic E-state index is 5.91. The van der Waals surface area contributed by atoms with Crippen molar-refractivity contribution in [3.8, 4) is 0 Å². The summed E-state index contributed by atoms with van der Waals surface area (Å²) >= 11 is 0. The highest BCUT2D eigenvalue weighted by Gasteiger charge is 2.26. The molecule has 2 aromatic heterocycles. The van der Waals surface area contributed by atoms with Crippen LogP contribution >= 0.6 is 0 Å². The maximum absolute atomic E-state index is 5.91. The first-order valence-electron chi connectivity index (χ1n) is 8.02. The van der Waals surface area contributed by atoms with Gasteiger partial charge in [-0.1, -0.05) is 18.2 Å². The van der Waals surface area contributed by atoms with Gasteiger partial charge in [-0.05, 0) is 13.0 Å². The minimum atomic E-state index is -0.0237. The second kappa shape index (κ2) is 6.14. The monoisotopic (exact) mass is 312 g/mol. The van der Waals surface area contributed by atoms with Crippen molar-refractivity contribution in [1.82, 2.24) is 19.7 Å². The number of furan rings is 1. The number of ether oxygens (including phenoxy) is 1. The Kier molecular flexibility index (Phi) is 3.85. The third kappa shape index (κ3) is 2.75. The lowest BCUT2D eigenvalue weighted by Crippen LogP contribution is -2.38. The molecule has 6 nitrogen and oxygen atoms in total. The van der Waals surface area contributed by atoms with Crippen LogP contribution in [-0.4, -0.2) is 39.4 Å². The molecule has 0 aliphatic carbocycles. The zero-order valence-electron chi connectivity index (χ0n) is 13.2. The van der Waals surface area contributed by atoms with Gasteiger partial charge >= 0.3 is 0 Å². The zero-order valence-corrected chi connectivity index (χ0v) is 13.2. The number of hydrogen-bond acceptors (Lipinski definition) is 5. The lowest BCUT2D eigenvalue weighted by molar-refractivity contribution is -0.0388. The Morgan fingerprint density at radius 2 is 2.22 bits per heavy atom. The molecular formula is C17H20N4O2. The normalized spacial score (nSPS) is 19.4. The number of aromatic nitrogens is 3. The van der Waals surface area contributed by atoms with Crippen molar-refractivity contribution in [3.63, 3.8) is 0 Å². The molecular weight excluding hydrogens is 292 g/mol. The largest absolute Gasteiger partial charge is 0.464 e. The molecule has 1 aromatic carbocycles. The van der Waals surface area contributed by atoms with E-state index in [2.05, 4.69) is 28.1 Å².